The van der Waals surface area contributed by atoms with E-state index in [-0.39, 0.29) is 6.04 Å². The Morgan fingerprint density at radius 2 is 2.13 bits per heavy atom. The number of guanidine groups is 1. The lowest BCUT2D eigenvalue weighted by molar-refractivity contribution is 0.468. The summed E-state index contributed by atoms with van der Waals surface area (Å²) in [4.78, 5) is 11.8. The first-order valence-corrected chi connectivity index (χ1v) is 10.9. The van der Waals surface area contributed by atoms with Gasteiger partial charge in [-0.1, -0.05) is 18.2 Å². The highest BCUT2D eigenvalue weighted by atomic mass is 15.2. The highest BCUT2D eigenvalue weighted by molar-refractivity contribution is 5.80. The summed E-state index contributed by atoms with van der Waals surface area (Å²) in [5.74, 6) is 0.802. The highest BCUT2D eigenvalue weighted by Gasteiger charge is 2.22. The number of anilines is 1. The number of para-hydroxylation sites is 1. The van der Waals surface area contributed by atoms with Crippen molar-refractivity contribution >= 4 is 17.3 Å². The van der Waals surface area contributed by atoms with Gasteiger partial charge in [0.25, 0.3) is 0 Å². The Bertz CT molecular complexity index is 1110. The molecule has 1 atom stereocenters. The number of hydrogen-bond acceptors (Lipinski definition) is 4. The number of aliphatic imine (C=N–C) groups is 1. The Balaban J connectivity index is 1.45. The molecule has 1 aromatic carbocycles. The third-order valence-electron chi connectivity index (χ3n) is 5.62. The molecule has 160 valence electrons. The summed E-state index contributed by atoms with van der Waals surface area (Å²) >= 11 is 0. The Morgan fingerprint density at radius 3 is 2.94 bits per heavy atom. The van der Waals surface area contributed by atoms with Crippen LogP contribution in [-0.4, -0.2) is 41.0 Å². The molecule has 7 heteroatoms. The Morgan fingerprint density at radius 1 is 1.26 bits per heavy atom. The molecule has 0 bridgehead atoms. The molecule has 1 aliphatic rings. The number of imidazole rings is 1. The van der Waals surface area contributed by atoms with Crippen LogP contribution in [0.2, 0.25) is 0 Å². The average Bonchev–Trinajstić information content (AvgIpc) is 3.22. The molecule has 31 heavy (non-hydrogen) atoms. The van der Waals surface area contributed by atoms with Gasteiger partial charge in [-0.2, -0.15) is 5.26 Å². The van der Waals surface area contributed by atoms with E-state index in [1.54, 1.807) is 0 Å². The zero-order chi connectivity index (χ0) is 21.6. The largest absolute Gasteiger partial charge is 0.368 e. The fraction of sp³-hybridized carbons (Fsp3) is 0.375. The molecule has 4 rings (SSSR count). The monoisotopic (exact) mass is 415 g/mol. The predicted octanol–water partition coefficient (Wildman–Crippen LogP) is 3.24. The zero-order valence-electron chi connectivity index (χ0n) is 18.2. The van der Waals surface area contributed by atoms with Crippen LogP contribution < -0.4 is 15.5 Å². The van der Waals surface area contributed by atoms with Crippen molar-refractivity contribution in [1.82, 2.24) is 20.0 Å². The summed E-state index contributed by atoms with van der Waals surface area (Å²) in [6.45, 7) is 7.27. The fourth-order valence-corrected chi connectivity index (χ4v) is 4.11. The Labute approximate surface area is 183 Å². The molecule has 2 aromatic heterocycles. The number of nitriles is 1. The molecule has 7 nitrogen and oxygen atoms in total. The van der Waals surface area contributed by atoms with E-state index in [9.17, 15) is 5.26 Å². The number of aryl methyl sites for hydroxylation is 1. The van der Waals surface area contributed by atoms with Crippen LogP contribution >= 0.6 is 0 Å². The molecule has 1 saturated heterocycles. The van der Waals surface area contributed by atoms with Crippen molar-refractivity contribution in [3.8, 4) is 6.07 Å². The minimum Gasteiger partial charge on any atom is -0.368 e. The third-order valence-corrected chi connectivity index (χ3v) is 5.62. The van der Waals surface area contributed by atoms with Crippen LogP contribution in [0.5, 0.6) is 0 Å². The van der Waals surface area contributed by atoms with Crippen LogP contribution in [0.15, 0.2) is 53.7 Å². The zero-order valence-corrected chi connectivity index (χ0v) is 18.2. The van der Waals surface area contributed by atoms with Crippen molar-refractivity contribution in [2.75, 3.05) is 24.5 Å². The quantitative estimate of drug-likeness (QED) is 0.494. The summed E-state index contributed by atoms with van der Waals surface area (Å²) in [5, 5.41) is 16.4. The van der Waals surface area contributed by atoms with Crippen LogP contribution in [0.25, 0.3) is 5.65 Å². The fourth-order valence-electron chi connectivity index (χ4n) is 4.11. The Kier molecular flexibility index (Phi) is 6.37. The maximum absolute atomic E-state index is 9.45. The molecular formula is C24H29N7. The lowest BCUT2D eigenvalue weighted by Gasteiger charge is -2.35. The lowest BCUT2D eigenvalue weighted by atomic mass is 10.0. The standard InChI is InChI=1S/C24H29N7/c1-3-26-24(27-15-21-17-31-18(2)8-6-12-23(31)28-21)29-20-10-7-13-30(16-20)22-11-5-4-9-19(22)14-25/h4-6,8-9,11-12,17,20H,3,7,10,13,15-16H2,1-2H3,(H2,26,27,29). The van der Waals surface area contributed by atoms with E-state index in [1.807, 2.05) is 36.4 Å². The van der Waals surface area contributed by atoms with Gasteiger partial charge in [-0.15, -0.1) is 0 Å². The van der Waals surface area contributed by atoms with Crippen LogP contribution in [0.4, 0.5) is 5.69 Å². The highest BCUT2D eigenvalue weighted by Crippen LogP contribution is 2.23. The second kappa shape index (κ2) is 9.52. The van der Waals surface area contributed by atoms with Crippen molar-refractivity contribution in [2.45, 2.75) is 39.3 Å². The molecule has 2 N–H and O–H groups in total. The molecule has 1 fully saturated rings. The number of benzene rings is 1. The van der Waals surface area contributed by atoms with E-state index in [0.29, 0.717) is 6.54 Å². The van der Waals surface area contributed by atoms with Crippen LogP contribution in [0, 0.1) is 18.3 Å². The molecule has 1 unspecified atom stereocenters. The van der Waals surface area contributed by atoms with Crippen molar-refractivity contribution in [3.05, 3.63) is 65.6 Å². The lowest BCUT2D eigenvalue weighted by Crippen LogP contribution is -2.51. The van der Waals surface area contributed by atoms with Crippen LogP contribution in [-0.2, 0) is 6.54 Å². The first-order valence-electron chi connectivity index (χ1n) is 10.9. The summed E-state index contributed by atoms with van der Waals surface area (Å²) in [7, 11) is 0. The van der Waals surface area contributed by atoms with Crippen LogP contribution in [0.1, 0.15) is 36.7 Å². The van der Waals surface area contributed by atoms with E-state index in [0.717, 1.165) is 66.7 Å². The van der Waals surface area contributed by atoms with Gasteiger partial charge >= 0.3 is 0 Å². The second-order valence-corrected chi connectivity index (χ2v) is 7.88. The van der Waals surface area contributed by atoms with Gasteiger partial charge in [-0.3, -0.25) is 0 Å². The summed E-state index contributed by atoms with van der Waals surface area (Å²) in [6, 6.07) is 16.5. The minimum absolute atomic E-state index is 0.265. The van der Waals surface area contributed by atoms with Gasteiger partial charge in [0.05, 0.1) is 23.5 Å². The third kappa shape index (κ3) is 4.80. The first kappa shape index (κ1) is 20.7. The van der Waals surface area contributed by atoms with E-state index in [2.05, 4.69) is 57.1 Å². The molecular weight excluding hydrogens is 386 g/mol. The molecule has 0 spiro atoms. The molecule has 0 amide bonds. The summed E-state index contributed by atoms with van der Waals surface area (Å²) < 4.78 is 2.09. The van der Waals surface area contributed by atoms with E-state index < -0.39 is 0 Å². The van der Waals surface area contributed by atoms with Crippen molar-refractivity contribution in [2.24, 2.45) is 4.99 Å². The number of aromatic nitrogens is 2. The molecule has 0 aliphatic carbocycles. The van der Waals surface area contributed by atoms with Gasteiger partial charge in [-0.05, 0) is 51.0 Å². The number of piperidine rings is 1. The average molecular weight is 416 g/mol. The van der Waals surface area contributed by atoms with Gasteiger partial charge in [0.1, 0.15) is 11.7 Å². The number of nitrogens with one attached hydrogen (secondary N) is 2. The maximum Gasteiger partial charge on any atom is 0.191 e. The van der Waals surface area contributed by atoms with Gasteiger partial charge < -0.3 is 19.9 Å². The molecule has 0 radical (unpaired) electrons. The van der Waals surface area contributed by atoms with Gasteiger partial charge in [0.15, 0.2) is 5.96 Å². The number of pyridine rings is 1. The molecule has 1 aliphatic heterocycles. The second-order valence-electron chi connectivity index (χ2n) is 7.88. The van der Waals surface area contributed by atoms with Crippen molar-refractivity contribution in [3.63, 3.8) is 0 Å². The van der Waals surface area contributed by atoms with Crippen LogP contribution in [0.3, 0.4) is 0 Å². The van der Waals surface area contributed by atoms with Crippen molar-refractivity contribution in [1.29, 1.82) is 5.26 Å². The minimum atomic E-state index is 0.265. The maximum atomic E-state index is 9.45. The molecule has 3 aromatic rings. The summed E-state index contributed by atoms with van der Waals surface area (Å²) in [5.41, 5.74) is 4.79. The van der Waals surface area contributed by atoms with Crippen molar-refractivity contribution < 1.29 is 0 Å². The van der Waals surface area contributed by atoms with E-state index in [4.69, 9.17) is 4.99 Å². The van der Waals surface area contributed by atoms with Gasteiger partial charge in [0.2, 0.25) is 0 Å². The summed E-state index contributed by atoms with van der Waals surface area (Å²) in [6.07, 6.45) is 4.20. The Hall–Kier alpha value is -3.53. The van der Waals surface area contributed by atoms with E-state index in [1.165, 1.54) is 0 Å². The number of nitrogens with zero attached hydrogens (tertiary/aromatic N) is 5. The normalized spacial score (nSPS) is 16.9. The topological polar surface area (TPSA) is 80.8 Å². The van der Waals surface area contributed by atoms with E-state index >= 15 is 0 Å². The predicted molar refractivity (Wildman–Crippen MR) is 124 cm³/mol. The number of fused-ring (bicyclic) bond motifs is 1. The van der Waals surface area contributed by atoms with Gasteiger partial charge in [0, 0.05) is 37.6 Å². The number of hydrogen-bond donors (Lipinski definition) is 2. The smallest absolute Gasteiger partial charge is 0.191 e. The SMILES string of the molecule is CCNC(=NCc1cn2c(C)cccc2n1)NC1CCCN(c2ccccc2C#N)C1. The van der Waals surface area contributed by atoms with Gasteiger partial charge in [-0.25, -0.2) is 9.98 Å². The molecule has 3 heterocycles. The first-order chi connectivity index (χ1) is 15.2. The molecule has 0 saturated carbocycles. The number of rotatable bonds is 5.